The standard InChI is InChI=1S/C14H21ClN2O/c1-11(9-16)10-17-14(18)4-2-3-12-5-7-13(15)8-6-12/h5-8,11H,2-4,9-10,16H2,1H3,(H,17,18). The van der Waals surface area contributed by atoms with Crippen molar-refractivity contribution < 1.29 is 4.79 Å². The summed E-state index contributed by atoms with van der Waals surface area (Å²) < 4.78 is 0. The highest BCUT2D eigenvalue weighted by Gasteiger charge is 2.04. The largest absolute Gasteiger partial charge is 0.356 e. The first-order chi connectivity index (χ1) is 8.61. The summed E-state index contributed by atoms with van der Waals surface area (Å²) >= 11 is 5.81. The number of carbonyl (C=O) groups excluding carboxylic acids is 1. The highest BCUT2D eigenvalue weighted by Crippen LogP contribution is 2.11. The van der Waals surface area contributed by atoms with Gasteiger partial charge in [-0.25, -0.2) is 0 Å². The lowest BCUT2D eigenvalue weighted by molar-refractivity contribution is -0.121. The monoisotopic (exact) mass is 268 g/mol. The zero-order chi connectivity index (χ0) is 13.4. The SMILES string of the molecule is CC(CN)CNC(=O)CCCc1ccc(Cl)cc1. The predicted octanol–water partition coefficient (Wildman–Crippen LogP) is 2.37. The molecule has 0 bridgehead atoms. The highest BCUT2D eigenvalue weighted by molar-refractivity contribution is 6.30. The van der Waals surface area contributed by atoms with Crippen molar-refractivity contribution in [3.05, 3.63) is 34.9 Å². The smallest absolute Gasteiger partial charge is 0.220 e. The number of hydrogen-bond acceptors (Lipinski definition) is 2. The molecule has 0 aliphatic rings. The molecule has 0 spiro atoms. The zero-order valence-corrected chi connectivity index (χ0v) is 11.5. The Morgan fingerprint density at radius 1 is 1.39 bits per heavy atom. The molecular formula is C14H21ClN2O. The van der Waals surface area contributed by atoms with Crippen LogP contribution >= 0.6 is 11.6 Å². The van der Waals surface area contributed by atoms with Gasteiger partial charge in [0.25, 0.3) is 0 Å². The minimum Gasteiger partial charge on any atom is -0.356 e. The molecule has 0 heterocycles. The van der Waals surface area contributed by atoms with Gasteiger partial charge in [0.1, 0.15) is 0 Å². The lowest BCUT2D eigenvalue weighted by atomic mass is 10.1. The lowest BCUT2D eigenvalue weighted by Gasteiger charge is -2.09. The van der Waals surface area contributed by atoms with E-state index in [1.165, 1.54) is 5.56 Å². The molecule has 1 aromatic rings. The minimum absolute atomic E-state index is 0.101. The Bertz CT molecular complexity index is 365. The molecule has 1 unspecified atom stereocenters. The number of rotatable bonds is 7. The summed E-state index contributed by atoms with van der Waals surface area (Å²) in [5, 5.41) is 3.63. The quantitative estimate of drug-likeness (QED) is 0.798. The number of nitrogens with one attached hydrogen (secondary N) is 1. The second-order valence-electron chi connectivity index (χ2n) is 4.62. The Morgan fingerprint density at radius 2 is 2.06 bits per heavy atom. The van der Waals surface area contributed by atoms with E-state index in [2.05, 4.69) is 5.32 Å². The summed E-state index contributed by atoms with van der Waals surface area (Å²) in [5.41, 5.74) is 6.70. The molecule has 0 fully saturated rings. The van der Waals surface area contributed by atoms with Crippen LogP contribution in [-0.2, 0) is 11.2 Å². The minimum atomic E-state index is 0.101. The molecule has 0 saturated heterocycles. The number of amides is 1. The Hall–Kier alpha value is -1.06. The number of aryl methyl sites for hydroxylation is 1. The van der Waals surface area contributed by atoms with E-state index in [9.17, 15) is 4.79 Å². The maximum atomic E-state index is 11.5. The predicted molar refractivity (Wildman–Crippen MR) is 75.6 cm³/mol. The second kappa shape index (κ2) is 8.11. The Balaban J connectivity index is 2.17. The number of hydrogen-bond donors (Lipinski definition) is 2. The fourth-order valence-corrected chi connectivity index (χ4v) is 1.69. The highest BCUT2D eigenvalue weighted by atomic mass is 35.5. The summed E-state index contributed by atoms with van der Waals surface area (Å²) in [6.07, 6.45) is 2.31. The van der Waals surface area contributed by atoms with Crippen LogP contribution in [0.4, 0.5) is 0 Å². The maximum absolute atomic E-state index is 11.5. The van der Waals surface area contributed by atoms with E-state index in [0.29, 0.717) is 25.4 Å². The van der Waals surface area contributed by atoms with Crippen molar-refractivity contribution in [3.8, 4) is 0 Å². The van der Waals surface area contributed by atoms with Crippen molar-refractivity contribution in [1.29, 1.82) is 0 Å². The molecule has 1 amide bonds. The topological polar surface area (TPSA) is 55.1 Å². The van der Waals surface area contributed by atoms with Crippen LogP contribution in [0.5, 0.6) is 0 Å². The maximum Gasteiger partial charge on any atom is 0.220 e. The van der Waals surface area contributed by atoms with Gasteiger partial charge in [0, 0.05) is 18.0 Å². The van der Waals surface area contributed by atoms with Crippen molar-refractivity contribution in [2.24, 2.45) is 11.7 Å². The number of benzene rings is 1. The van der Waals surface area contributed by atoms with Crippen LogP contribution < -0.4 is 11.1 Å². The Morgan fingerprint density at radius 3 is 2.67 bits per heavy atom. The number of halogens is 1. The molecule has 0 radical (unpaired) electrons. The van der Waals surface area contributed by atoms with Crippen LogP contribution in [-0.4, -0.2) is 19.0 Å². The molecule has 1 aromatic carbocycles. The molecule has 4 heteroatoms. The molecule has 0 aliphatic heterocycles. The summed E-state index contributed by atoms with van der Waals surface area (Å²) in [7, 11) is 0. The van der Waals surface area contributed by atoms with E-state index in [4.69, 9.17) is 17.3 Å². The summed E-state index contributed by atoms with van der Waals surface area (Å²) in [5.74, 6) is 0.439. The summed E-state index contributed by atoms with van der Waals surface area (Å²) in [4.78, 5) is 11.5. The third-order valence-corrected chi connectivity index (χ3v) is 3.08. The van der Waals surface area contributed by atoms with Gasteiger partial charge in [-0.15, -0.1) is 0 Å². The Labute approximate surface area is 114 Å². The Kier molecular flexibility index (Phi) is 6.76. The molecule has 3 N–H and O–H groups in total. The molecule has 1 rings (SSSR count). The van der Waals surface area contributed by atoms with Gasteiger partial charge in [0.2, 0.25) is 5.91 Å². The first-order valence-corrected chi connectivity index (χ1v) is 6.71. The average molecular weight is 269 g/mol. The van der Waals surface area contributed by atoms with Gasteiger partial charge in [-0.2, -0.15) is 0 Å². The fraction of sp³-hybridized carbons (Fsp3) is 0.500. The van der Waals surface area contributed by atoms with Crippen LogP contribution in [0, 0.1) is 5.92 Å². The van der Waals surface area contributed by atoms with Gasteiger partial charge >= 0.3 is 0 Å². The van der Waals surface area contributed by atoms with E-state index in [-0.39, 0.29) is 5.91 Å². The molecule has 0 aliphatic carbocycles. The van der Waals surface area contributed by atoms with E-state index in [0.717, 1.165) is 17.9 Å². The van der Waals surface area contributed by atoms with Crippen molar-refractivity contribution in [1.82, 2.24) is 5.32 Å². The molecule has 3 nitrogen and oxygen atoms in total. The molecule has 0 aromatic heterocycles. The summed E-state index contributed by atoms with van der Waals surface area (Å²) in [6, 6.07) is 7.74. The number of nitrogens with two attached hydrogens (primary N) is 1. The van der Waals surface area contributed by atoms with Crippen LogP contribution in [0.1, 0.15) is 25.3 Å². The van der Waals surface area contributed by atoms with Crippen LogP contribution in [0.25, 0.3) is 0 Å². The van der Waals surface area contributed by atoms with Gasteiger partial charge in [0.05, 0.1) is 0 Å². The van der Waals surface area contributed by atoms with Crippen molar-refractivity contribution in [3.63, 3.8) is 0 Å². The first-order valence-electron chi connectivity index (χ1n) is 6.33. The zero-order valence-electron chi connectivity index (χ0n) is 10.8. The third kappa shape index (κ3) is 6.03. The van der Waals surface area contributed by atoms with E-state index >= 15 is 0 Å². The van der Waals surface area contributed by atoms with E-state index in [1.54, 1.807) is 0 Å². The molecule has 18 heavy (non-hydrogen) atoms. The van der Waals surface area contributed by atoms with Crippen molar-refractivity contribution in [2.45, 2.75) is 26.2 Å². The molecule has 100 valence electrons. The lowest BCUT2D eigenvalue weighted by Crippen LogP contribution is -2.31. The summed E-state index contributed by atoms with van der Waals surface area (Å²) in [6.45, 7) is 3.29. The van der Waals surface area contributed by atoms with Gasteiger partial charge in [-0.3, -0.25) is 4.79 Å². The van der Waals surface area contributed by atoms with E-state index in [1.807, 2.05) is 31.2 Å². The fourth-order valence-electron chi connectivity index (χ4n) is 1.56. The third-order valence-electron chi connectivity index (χ3n) is 2.83. The number of carbonyl (C=O) groups is 1. The molecule has 1 atom stereocenters. The van der Waals surface area contributed by atoms with Gasteiger partial charge in [0.15, 0.2) is 0 Å². The van der Waals surface area contributed by atoms with Crippen LogP contribution in [0.3, 0.4) is 0 Å². The molecule has 0 saturated carbocycles. The first kappa shape index (κ1) is 15.0. The average Bonchev–Trinajstić information content (AvgIpc) is 2.38. The molecular weight excluding hydrogens is 248 g/mol. The van der Waals surface area contributed by atoms with Crippen molar-refractivity contribution in [2.75, 3.05) is 13.1 Å². The second-order valence-corrected chi connectivity index (χ2v) is 5.06. The van der Waals surface area contributed by atoms with Gasteiger partial charge in [-0.05, 0) is 43.0 Å². The van der Waals surface area contributed by atoms with Crippen LogP contribution in [0.2, 0.25) is 5.02 Å². The van der Waals surface area contributed by atoms with Gasteiger partial charge in [-0.1, -0.05) is 30.7 Å². The van der Waals surface area contributed by atoms with E-state index < -0.39 is 0 Å². The van der Waals surface area contributed by atoms with Crippen molar-refractivity contribution >= 4 is 17.5 Å². The normalized spacial score (nSPS) is 12.2. The van der Waals surface area contributed by atoms with Gasteiger partial charge < -0.3 is 11.1 Å². The van der Waals surface area contributed by atoms with Crippen LogP contribution in [0.15, 0.2) is 24.3 Å².